The molecule has 1 saturated carbocycles. The number of nitrogens with one attached hydrogen (secondary N) is 1. The highest BCUT2D eigenvalue weighted by molar-refractivity contribution is 6.30. The van der Waals surface area contributed by atoms with Crippen LogP contribution in [-0.4, -0.2) is 47.4 Å². The van der Waals surface area contributed by atoms with E-state index in [1.54, 1.807) is 54.3 Å². The highest BCUT2D eigenvalue weighted by Gasteiger charge is 2.49. The highest BCUT2D eigenvalue weighted by atomic mass is 35.5. The number of hydrogen-bond acceptors (Lipinski definition) is 5. The van der Waals surface area contributed by atoms with Crippen LogP contribution in [0.2, 0.25) is 5.02 Å². The van der Waals surface area contributed by atoms with E-state index in [4.69, 9.17) is 16.3 Å². The van der Waals surface area contributed by atoms with Gasteiger partial charge in [-0.2, -0.15) is 0 Å². The van der Waals surface area contributed by atoms with Gasteiger partial charge in [0.15, 0.2) is 0 Å². The Hall–Kier alpha value is -3.39. The summed E-state index contributed by atoms with van der Waals surface area (Å²) < 4.78 is 5.00. The average molecular weight is 484 g/mol. The first kappa shape index (κ1) is 23.8. The maximum absolute atomic E-state index is 13.4. The van der Waals surface area contributed by atoms with Gasteiger partial charge < -0.3 is 15.0 Å². The van der Waals surface area contributed by atoms with Crippen LogP contribution in [0.5, 0.6) is 0 Å². The molecule has 1 N–H and O–H groups in total. The van der Waals surface area contributed by atoms with Gasteiger partial charge in [-0.05, 0) is 62.2 Å². The summed E-state index contributed by atoms with van der Waals surface area (Å²) in [5.41, 5.74) is 1.15. The summed E-state index contributed by atoms with van der Waals surface area (Å²) in [5.74, 6) is -1.34. The quantitative estimate of drug-likeness (QED) is 0.457. The summed E-state index contributed by atoms with van der Waals surface area (Å²) in [4.78, 5) is 54.3. The molecule has 1 atom stereocenters. The Morgan fingerprint density at radius 1 is 1.09 bits per heavy atom. The van der Waals surface area contributed by atoms with Crippen molar-refractivity contribution in [2.75, 3.05) is 16.8 Å². The monoisotopic (exact) mass is 483 g/mol. The predicted molar refractivity (Wildman–Crippen MR) is 128 cm³/mol. The van der Waals surface area contributed by atoms with Crippen molar-refractivity contribution >= 4 is 46.8 Å². The third kappa shape index (κ3) is 4.92. The van der Waals surface area contributed by atoms with Crippen LogP contribution in [0.15, 0.2) is 48.5 Å². The van der Waals surface area contributed by atoms with Crippen molar-refractivity contribution in [2.24, 2.45) is 0 Å². The molecule has 0 radical (unpaired) electrons. The average Bonchev–Trinajstić information content (AvgIpc) is 3.42. The predicted octanol–water partition coefficient (Wildman–Crippen LogP) is 4.63. The van der Waals surface area contributed by atoms with Crippen molar-refractivity contribution in [1.82, 2.24) is 4.90 Å². The number of carbonyl (C=O) groups excluding carboxylic acids is 4. The van der Waals surface area contributed by atoms with E-state index in [2.05, 4.69) is 5.32 Å². The molecule has 0 spiro atoms. The lowest BCUT2D eigenvalue weighted by Crippen LogP contribution is -2.43. The molecule has 0 aromatic heterocycles. The Morgan fingerprint density at radius 2 is 1.79 bits per heavy atom. The van der Waals surface area contributed by atoms with Gasteiger partial charge >= 0.3 is 12.0 Å². The fourth-order valence-corrected chi connectivity index (χ4v) is 4.67. The molecule has 4 amide bonds. The number of halogens is 1. The van der Waals surface area contributed by atoms with E-state index in [0.29, 0.717) is 22.0 Å². The maximum atomic E-state index is 13.4. The van der Waals surface area contributed by atoms with Crippen LogP contribution in [0.4, 0.5) is 16.2 Å². The summed E-state index contributed by atoms with van der Waals surface area (Å²) >= 11 is 5.97. The fraction of sp³-hybridized carbons (Fsp3) is 0.360. The van der Waals surface area contributed by atoms with Crippen molar-refractivity contribution < 1.29 is 23.9 Å². The van der Waals surface area contributed by atoms with E-state index in [-0.39, 0.29) is 19.1 Å². The first-order chi connectivity index (χ1) is 16.4. The van der Waals surface area contributed by atoms with Crippen LogP contribution in [0.25, 0.3) is 0 Å². The SMILES string of the molecule is CCOC(=O)c1cccc(NC(=O)C[C@H]2C(=O)N(c3ccc(Cl)cc3)C(=O)N2C2CCCC2)c1. The second kappa shape index (κ2) is 10.3. The number of esters is 1. The third-order valence-electron chi connectivity index (χ3n) is 6.09. The van der Waals surface area contributed by atoms with E-state index in [1.165, 1.54) is 6.07 Å². The summed E-state index contributed by atoms with van der Waals surface area (Å²) in [6, 6.07) is 11.5. The molecule has 2 aromatic carbocycles. The molecular formula is C25H26ClN3O5. The molecule has 2 aliphatic rings. The van der Waals surface area contributed by atoms with Crippen LogP contribution in [0.1, 0.15) is 49.4 Å². The molecule has 1 aliphatic carbocycles. The second-order valence-corrected chi connectivity index (χ2v) is 8.78. The molecule has 9 heteroatoms. The van der Waals surface area contributed by atoms with Crippen molar-refractivity contribution in [3.8, 4) is 0 Å². The Bertz CT molecular complexity index is 1100. The van der Waals surface area contributed by atoms with Crippen LogP contribution < -0.4 is 10.2 Å². The summed E-state index contributed by atoms with van der Waals surface area (Å²) in [5, 5.41) is 3.24. The van der Waals surface area contributed by atoms with Gasteiger partial charge in [-0.25, -0.2) is 14.5 Å². The zero-order chi connectivity index (χ0) is 24.2. The van der Waals surface area contributed by atoms with Gasteiger partial charge in [-0.3, -0.25) is 9.59 Å². The second-order valence-electron chi connectivity index (χ2n) is 8.35. The Morgan fingerprint density at radius 3 is 2.47 bits per heavy atom. The molecule has 1 heterocycles. The van der Waals surface area contributed by atoms with Gasteiger partial charge in [0.1, 0.15) is 6.04 Å². The number of amides is 4. The van der Waals surface area contributed by atoms with Crippen LogP contribution in [0.3, 0.4) is 0 Å². The first-order valence-corrected chi connectivity index (χ1v) is 11.8. The summed E-state index contributed by atoms with van der Waals surface area (Å²) in [6.45, 7) is 1.96. The topological polar surface area (TPSA) is 96.0 Å². The lowest BCUT2D eigenvalue weighted by Gasteiger charge is -2.27. The Balaban J connectivity index is 1.54. The molecular weight excluding hydrogens is 458 g/mol. The van der Waals surface area contributed by atoms with Crippen molar-refractivity contribution in [3.63, 3.8) is 0 Å². The normalized spacial score (nSPS) is 18.5. The molecule has 4 rings (SSSR count). The third-order valence-corrected chi connectivity index (χ3v) is 6.34. The van der Waals surface area contributed by atoms with Gasteiger partial charge in [-0.15, -0.1) is 0 Å². The first-order valence-electron chi connectivity index (χ1n) is 11.4. The van der Waals surface area contributed by atoms with Crippen LogP contribution in [0, 0.1) is 0 Å². The molecule has 178 valence electrons. The number of ether oxygens (including phenoxy) is 1. The van der Waals surface area contributed by atoms with Gasteiger partial charge in [0, 0.05) is 16.8 Å². The molecule has 2 fully saturated rings. The van der Waals surface area contributed by atoms with E-state index >= 15 is 0 Å². The number of rotatable bonds is 7. The largest absolute Gasteiger partial charge is 0.462 e. The summed E-state index contributed by atoms with van der Waals surface area (Å²) in [7, 11) is 0. The highest BCUT2D eigenvalue weighted by Crippen LogP contribution is 2.34. The lowest BCUT2D eigenvalue weighted by molar-refractivity contribution is -0.124. The van der Waals surface area contributed by atoms with Gasteiger partial charge in [0.05, 0.1) is 24.3 Å². The van der Waals surface area contributed by atoms with Gasteiger partial charge in [0.25, 0.3) is 5.91 Å². The number of imide groups is 1. The zero-order valence-electron chi connectivity index (χ0n) is 18.8. The fourth-order valence-electron chi connectivity index (χ4n) is 4.54. The van der Waals surface area contributed by atoms with Crippen molar-refractivity contribution in [3.05, 3.63) is 59.1 Å². The van der Waals surface area contributed by atoms with Gasteiger partial charge in [0.2, 0.25) is 5.91 Å². The van der Waals surface area contributed by atoms with Crippen LogP contribution >= 0.6 is 11.6 Å². The number of nitrogens with zero attached hydrogens (tertiary/aromatic N) is 2. The smallest absolute Gasteiger partial charge is 0.338 e. The van der Waals surface area contributed by atoms with Crippen molar-refractivity contribution in [2.45, 2.75) is 51.1 Å². The molecule has 2 aromatic rings. The molecule has 1 saturated heterocycles. The lowest BCUT2D eigenvalue weighted by atomic mass is 10.1. The Labute approximate surface area is 202 Å². The number of anilines is 2. The van der Waals surface area contributed by atoms with Crippen LogP contribution in [-0.2, 0) is 14.3 Å². The molecule has 8 nitrogen and oxygen atoms in total. The van der Waals surface area contributed by atoms with E-state index in [1.807, 2.05) is 0 Å². The summed E-state index contributed by atoms with van der Waals surface area (Å²) in [6.07, 6.45) is 3.36. The number of hydrogen-bond donors (Lipinski definition) is 1. The molecule has 0 unspecified atom stereocenters. The van der Waals surface area contributed by atoms with E-state index < -0.39 is 29.9 Å². The number of carbonyl (C=O) groups is 4. The molecule has 34 heavy (non-hydrogen) atoms. The zero-order valence-corrected chi connectivity index (χ0v) is 19.6. The minimum absolute atomic E-state index is 0.0845. The Kier molecular flexibility index (Phi) is 7.17. The minimum Gasteiger partial charge on any atom is -0.462 e. The minimum atomic E-state index is -0.903. The van der Waals surface area contributed by atoms with Crippen molar-refractivity contribution in [1.29, 1.82) is 0 Å². The van der Waals surface area contributed by atoms with E-state index in [9.17, 15) is 19.2 Å². The molecule has 0 bridgehead atoms. The number of benzene rings is 2. The maximum Gasteiger partial charge on any atom is 0.338 e. The van der Waals surface area contributed by atoms with Gasteiger partial charge in [-0.1, -0.05) is 30.5 Å². The molecule has 1 aliphatic heterocycles. The standard InChI is InChI=1S/C25H26ClN3O5/c1-2-34-24(32)16-6-5-7-18(14-16)27-22(30)15-21-23(31)29(20-12-10-17(26)11-13-20)25(33)28(21)19-8-3-4-9-19/h5-7,10-14,19,21H,2-4,8-9,15H2,1H3,(H,27,30)/t21-/m0/s1. The van der Waals surface area contributed by atoms with E-state index in [0.717, 1.165) is 30.6 Å². The number of urea groups is 1.